The van der Waals surface area contributed by atoms with Crippen molar-refractivity contribution >= 4 is 11.9 Å². The third kappa shape index (κ3) is 3.95. The van der Waals surface area contributed by atoms with Crippen molar-refractivity contribution in [1.29, 1.82) is 0 Å². The molecule has 2 atom stereocenters. The van der Waals surface area contributed by atoms with E-state index < -0.39 is 23.8 Å². The van der Waals surface area contributed by atoms with Crippen molar-refractivity contribution < 1.29 is 19.4 Å². The van der Waals surface area contributed by atoms with Gasteiger partial charge in [0.25, 0.3) is 0 Å². The molecule has 4 heteroatoms. The van der Waals surface area contributed by atoms with Gasteiger partial charge >= 0.3 is 11.9 Å². The molecule has 0 radical (unpaired) electrons. The van der Waals surface area contributed by atoms with Crippen molar-refractivity contribution in [3.63, 3.8) is 0 Å². The van der Waals surface area contributed by atoms with E-state index in [0.29, 0.717) is 0 Å². The van der Waals surface area contributed by atoms with Crippen LogP contribution in [0.4, 0.5) is 0 Å². The molecule has 2 aromatic carbocycles. The second-order valence-electron chi connectivity index (χ2n) is 5.07. The Kier molecular flexibility index (Phi) is 5.31. The first-order valence-electron chi connectivity index (χ1n) is 7.11. The molecule has 2 unspecified atom stereocenters. The number of carbonyl (C=O) groups excluding carboxylic acids is 2. The Morgan fingerprint density at radius 2 is 1.00 bits per heavy atom. The molecule has 0 aliphatic rings. The molecular weight excluding hydrogens is 280 g/mol. The summed E-state index contributed by atoms with van der Waals surface area (Å²) in [7, 11) is 0. The molecule has 0 spiro atoms. The summed E-state index contributed by atoms with van der Waals surface area (Å²) < 4.78 is 0. The first-order valence-corrected chi connectivity index (χ1v) is 7.11. The van der Waals surface area contributed by atoms with Gasteiger partial charge in [-0.25, -0.2) is 19.4 Å². The van der Waals surface area contributed by atoms with E-state index in [1.807, 2.05) is 60.7 Å². The van der Waals surface area contributed by atoms with Gasteiger partial charge in [0.05, 0.1) is 11.8 Å². The smallest absolute Gasteiger partial charge is 0.247 e. The highest BCUT2D eigenvalue weighted by atomic mass is 17.2. The molecule has 0 N–H and O–H groups in total. The van der Waals surface area contributed by atoms with E-state index >= 15 is 0 Å². The summed E-state index contributed by atoms with van der Waals surface area (Å²) in [4.78, 5) is 33.2. The highest BCUT2D eigenvalue weighted by Crippen LogP contribution is 2.19. The van der Waals surface area contributed by atoms with Crippen LogP contribution in [0.5, 0.6) is 0 Å². The van der Waals surface area contributed by atoms with Gasteiger partial charge in [-0.05, 0) is 25.0 Å². The molecule has 0 amide bonds. The highest BCUT2D eigenvalue weighted by Gasteiger charge is 2.23. The van der Waals surface area contributed by atoms with Gasteiger partial charge in [0, 0.05) is 0 Å². The summed E-state index contributed by atoms with van der Waals surface area (Å²) in [5.41, 5.74) is 1.61. The normalized spacial score (nSPS) is 13.0. The number of hydrogen-bond donors (Lipinski definition) is 0. The Labute approximate surface area is 129 Å². The highest BCUT2D eigenvalue weighted by molar-refractivity contribution is 5.80. The zero-order chi connectivity index (χ0) is 15.9. The van der Waals surface area contributed by atoms with Crippen molar-refractivity contribution in [3.05, 3.63) is 71.8 Å². The van der Waals surface area contributed by atoms with Crippen LogP contribution in [0, 0.1) is 0 Å². The monoisotopic (exact) mass is 298 g/mol. The molecule has 0 saturated heterocycles. The third-order valence-corrected chi connectivity index (χ3v) is 3.51. The summed E-state index contributed by atoms with van der Waals surface area (Å²) in [6, 6.07) is 18.4. The fraction of sp³-hybridized carbons (Fsp3) is 0.222. The maximum atomic E-state index is 11.9. The van der Waals surface area contributed by atoms with E-state index in [0.717, 1.165) is 11.1 Å². The minimum atomic E-state index is -0.597. The average Bonchev–Trinajstić information content (AvgIpc) is 2.59. The number of carbonyl (C=O) groups is 2. The van der Waals surface area contributed by atoms with Gasteiger partial charge in [0.1, 0.15) is 0 Å². The van der Waals surface area contributed by atoms with Gasteiger partial charge in [0.15, 0.2) is 0 Å². The lowest BCUT2D eigenvalue weighted by Gasteiger charge is -2.12. The van der Waals surface area contributed by atoms with Crippen LogP contribution in [0.15, 0.2) is 60.7 Å². The van der Waals surface area contributed by atoms with Crippen molar-refractivity contribution in [1.82, 2.24) is 0 Å². The molecule has 0 aliphatic heterocycles. The van der Waals surface area contributed by atoms with Crippen LogP contribution < -0.4 is 0 Å². The Bertz CT molecular complexity index is 565. The summed E-state index contributed by atoms with van der Waals surface area (Å²) in [6.45, 7) is 3.40. The fourth-order valence-electron chi connectivity index (χ4n) is 1.98. The minimum Gasteiger partial charge on any atom is -0.247 e. The van der Waals surface area contributed by atoms with Crippen LogP contribution in [-0.2, 0) is 19.4 Å². The second kappa shape index (κ2) is 7.41. The first-order chi connectivity index (χ1) is 10.6. The molecule has 0 aliphatic carbocycles. The molecule has 22 heavy (non-hydrogen) atoms. The van der Waals surface area contributed by atoms with Crippen LogP contribution in [0.2, 0.25) is 0 Å². The predicted molar refractivity (Wildman–Crippen MR) is 81.9 cm³/mol. The van der Waals surface area contributed by atoms with Gasteiger partial charge < -0.3 is 0 Å². The first kappa shape index (κ1) is 15.8. The Morgan fingerprint density at radius 3 is 1.32 bits per heavy atom. The van der Waals surface area contributed by atoms with E-state index in [9.17, 15) is 9.59 Å². The summed E-state index contributed by atoms with van der Waals surface area (Å²) >= 11 is 0. The van der Waals surface area contributed by atoms with Crippen LogP contribution in [0.1, 0.15) is 36.8 Å². The number of hydrogen-bond acceptors (Lipinski definition) is 4. The molecular formula is C18H18O4. The fourth-order valence-corrected chi connectivity index (χ4v) is 1.98. The average molecular weight is 298 g/mol. The lowest BCUT2D eigenvalue weighted by Crippen LogP contribution is -2.19. The maximum Gasteiger partial charge on any atom is 0.362 e. The standard InChI is InChI=1S/C18H18O4/c1-13(15-9-5-3-6-10-15)17(19)21-22-18(20)14(2)16-11-7-4-8-12-16/h3-14H,1-2H3. The molecule has 0 aromatic heterocycles. The van der Waals surface area contributed by atoms with Crippen LogP contribution in [0.25, 0.3) is 0 Å². The molecule has 2 aromatic rings. The van der Waals surface area contributed by atoms with Crippen molar-refractivity contribution in [2.75, 3.05) is 0 Å². The third-order valence-electron chi connectivity index (χ3n) is 3.51. The molecule has 0 fully saturated rings. The van der Waals surface area contributed by atoms with Crippen LogP contribution in [0.3, 0.4) is 0 Å². The van der Waals surface area contributed by atoms with E-state index in [1.54, 1.807) is 13.8 Å². The van der Waals surface area contributed by atoms with Crippen molar-refractivity contribution in [2.24, 2.45) is 0 Å². The zero-order valence-corrected chi connectivity index (χ0v) is 12.6. The largest absolute Gasteiger partial charge is 0.362 e. The van der Waals surface area contributed by atoms with E-state index in [-0.39, 0.29) is 0 Å². The van der Waals surface area contributed by atoms with Gasteiger partial charge in [0.2, 0.25) is 0 Å². The molecule has 0 bridgehead atoms. The molecule has 4 nitrogen and oxygen atoms in total. The van der Waals surface area contributed by atoms with Gasteiger partial charge in [-0.15, -0.1) is 0 Å². The Balaban J connectivity index is 1.89. The topological polar surface area (TPSA) is 52.6 Å². The van der Waals surface area contributed by atoms with E-state index in [4.69, 9.17) is 0 Å². The lowest BCUT2D eigenvalue weighted by atomic mass is 10.0. The van der Waals surface area contributed by atoms with E-state index in [2.05, 4.69) is 9.78 Å². The summed E-state index contributed by atoms with van der Waals surface area (Å²) in [6.07, 6.45) is 0. The SMILES string of the molecule is CC(C(=O)OOC(=O)C(C)c1ccccc1)c1ccccc1. The van der Waals surface area contributed by atoms with Crippen molar-refractivity contribution in [3.8, 4) is 0 Å². The molecule has 114 valence electrons. The zero-order valence-electron chi connectivity index (χ0n) is 12.6. The van der Waals surface area contributed by atoms with Crippen LogP contribution >= 0.6 is 0 Å². The lowest BCUT2D eigenvalue weighted by molar-refractivity contribution is -0.261. The Hall–Kier alpha value is -2.62. The van der Waals surface area contributed by atoms with E-state index in [1.165, 1.54) is 0 Å². The summed E-state index contributed by atoms with van der Waals surface area (Å²) in [5, 5.41) is 0. The second-order valence-corrected chi connectivity index (χ2v) is 5.07. The quantitative estimate of drug-likeness (QED) is 0.639. The molecule has 0 heterocycles. The van der Waals surface area contributed by atoms with Gasteiger partial charge in [-0.3, -0.25) is 0 Å². The Morgan fingerprint density at radius 1 is 0.682 bits per heavy atom. The predicted octanol–water partition coefficient (Wildman–Crippen LogP) is 3.60. The van der Waals surface area contributed by atoms with Crippen LogP contribution in [-0.4, -0.2) is 11.9 Å². The number of benzene rings is 2. The minimum absolute atomic E-state index is 0.499. The maximum absolute atomic E-state index is 11.9. The molecule has 2 rings (SSSR count). The van der Waals surface area contributed by atoms with Gasteiger partial charge in [-0.1, -0.05) is 60.7 Å². The van der Waals surface area contributed by atoms with Gasteiger partial charge in [-0.2, -0.15) is 0 Å². The molecule has 0 saturated carbocycles. The number of rotatable bonds is 4. The summed E-state index contributed by atoms with van der Waals surface area (Å²) in [5.74, 6) is -2.19. The van der Waals surface area contributed by atoms with Crippen molar-refractivity contribution in [2.45, 2.75) is 25.7 Å².